The van der Waals surface area contributed by atoms with Gasteiger partial charge in [0.2, 0.25) is 5.91 Å². The van der Waals surface area contributed by atoms with E-state index in [-0.39, 0.29) is 13.1 Å². The van der Waals surface area contributed by atoms with E-state index < -0.39 is 17.8 Å². The van der Waals surface area contributed by atoms with Gasteiger partial charge in [-0.15, -0.1) is 0 Å². The Labute approximate surface area is 132 Å². The number of carbonyl (C=O) groups excluding carboxylic acids is 3. The summed E-state index contributed by atoms with van der Waals surface area (Å²) in [5.74, 6) is -0.806. The van der Waals surface area contributed by atoms with Crippen molar-refractivity contribution in [3.8, 4) is 0 Å². The van der Waals surface area contributed by atoms with Crippen molar-refractivity contribution in [2.75, 3.05) is 26.2 Å². The second kappa shape index (κ2) is 7.77. The third kappa shape index (κ3) is 4.71. The number of carbonyl (C=O) groups is 3. The second-order valence-corrected chi connectivity index (χ2v) is 5.10. The number of halogens is 1. The van der Waals surface area contributed by atoms with Crippen LogP contribution in [0, 0.1) is 0 Å². The molecule has 2 rings (SSSR count). The van der Waals surface area contributed by atoms with Gasteiger partial charge in [-0.1, -0.05) is 23.7 Å². The van der Waals surface area contributed by atoms with Gasteiger partial charge >= 0.3 is 6.03 Å². The predicted molar refractivity (Wildman–Crippen MR) is 79.2 cm³/mol. The Kier molecular flexibility index (Phi) is 5.74. The normalized spacial score (nSPS) is 14.1. The maximum absolute atomic E-state index is 11.6. The number of rotatable bonds is 7. The Bertz CT molecular complexity index is 546. The van der Waals surface area contributed by atoms with Gasteiger partial charge < -0.3 is 15.4 Å². The van der Waals surface area contributed by atoms with Crippen LogP contribution >= 0.6 is 11.6 Å². The third-order valence-corrected chi connectivity index (χ3v) is 3.24. The molecule has 7 nitrogen and oxygen atoms in total. The smallest absolute Gasteiger partial charge is 0.325 e. The van der Waals surface area contributed by atoms with Crippen LogP contribution in [-0.4, -0.2) is 49.0 Å². The van der Waals surface area contributed by atoms with E-state index >= 15 is 0 Å². The Morgan fingerprint density at radius 2 is 2.05 bits per heavy atom. The third-order valence-electron chi connectivity index (χ3n) is 2.99. The lowest BCUT2D eigenvalue weighted by molar-refractivity contribution is -0.130. The molecule has 0 unspecified atom stereocenters. The van der Waals surface area contributed by atoms with Gasteiger partial charge in [0.1, 0.15) is 6.54 Å². The van der Waals surface area contributed by atoms with E-state index in [0.717, 1.165) is 10.5 Å². The summed E-state index contributed by atoms with van der Waals surface area (Å²) < 4.78 is 5.40. The molecule has 0 saturated carbocycles. The summed E-state index contributed by atoms with van der Waals surface area (Å²) in [7, 11) is 0. The number of imide groups is 1. The van der Waals surface area contributed by atoms with Crippen molar-refractivity contribution in [2.24, 2.45) is 0 Å². The summed E-state index contributed by atoms with van der Waals surface area (Å²) in [4.78, 5) is 35.0. The van der Waals surface area contributed by atoms with Crippen molar-refractivity contribution in [3.05, 3.63) is 34.9 Å². The Morgan fingerprint density at radius 1 is 1.32 bits per heavy atom. The summed E-state index contributed by atoms with van der Waals surface area (Å²) >= 11 is 5.78. The van der Waals surface area contributed by atoms with E-state index in [9.17, 15) is 14.4 Å². The van der Waals surface area contributed by atoms with Crippen LogP contribution in [0.2, 0.25) is 5.02 Å². The zero-order chi connectivity index (χ0) is 15.9. The van der Waals surface area contributed by atoms with Crippen LogP contribution in [0.5, 0.6) is 0 Å². The molecule has 1 heterocycles. The SMILES string of the molecule is O=C(CN1C(=O)CNC1=O)NCCOCc1ccc(Cl)cc1. The highest BCUT2D eigenvalue weighted by Crippen LogP contribution is 2.09. The van der Waals surface area contributed by atoms with Crippen LogP contribution in [0.4, 0.5) is 4.79 Å². The molecule has 0 bridgehead atoms. The average Bonchev–Trinajstić information content (AvgIpc) is 2.81. The molecule has 1 aromatic rings. The van der Waals surface area contributed by atoms with Crippen molar-refractivity contribution in [3.63, 3.8) is 0 Å². The molecule has 1 aromatic carbocycles. The van der Waals surface area contributed by atoms with E-state index in [2.05, 4.69) is 10.6 Å². The second-order valence-electron chi connectivity index (χ2n) is 4.67. The molecular formula is C14H16ClN3O4. The number of ether oxygens (including phenoxy) is 1. The quantitative estimate of drug-likeness (QED) is 0.565. The van der Waals surface area contributed by atoms with Crippen LogP contribution < -0.4 is 10.6 Å². The van der Waals surface area contributed by atoms with Gasteiger partial charge in [0.25, 0.3) is 5.91 Å². The molecule has 1 fully saturated rings. The molecule has 22 heavy (non-hydrogen) atoms. The van der Waals surface area contributed by atoms with Gasteiger partial charge in [-0.3, -0.25) is 14.5 Å². The fraction of sp³-hybridized carbons (Fsp3) is 0.357. The van der Waals surface area contributed by atoms with Gasteiger partial charge in [0.15, 0.2) is 0 Å². The molecule has 0 aliphatic carbocycles. The molecule has 2 N–H and O–H groups in total. The molecule has 0 aromatic heterocycles. The molecule has 0 spiro atoms. The Balaban J connectivity index is 1.60. The van der Waals surface area contributed by atoms with Crippen molar-refractivity contribution < 1.29 is 19.1 Å². The first-order valence-electron chi connectivity index (χ1n) is 6.73. The molecule has 118 valence electrons. The first kappa shape index (κ1) is 16.3. The monoisotopic (exact) mass is 325 g/mol. The fourth-order valence-electron chi connectivity index (χ4n) is 1.85. The topological polar surface area (TPSA) is 87.7 Å². The number of hydrogen-bond donors (Lipinski definition) is 2. The summed E-state index contributed by atoms with van der Waals surface area (Å²) in [6.07, 6.45) is 0. The van der Waals surface area contributed by atoms with Crippen molar-refractivity contribution >= 4 is 29.4 Å². The molecule has 4 amide bonds. The van der Waals surface area contributed by atoms with Crippen LogP contribution in [0.25, 0.3) is 0 Å². The number of nitrogens with zero attached hydrogens (tertiary/aromatic N) is 1. The molecule has 0 atom stereocenters. The zero-order valence-corrected chi connectivity index (χ0v) is 12.6. The molecule has 1 aliphatic rings. The maximum atomic E-state index is 11.6. The minimum Gasteiger partial charge on any atom is -0.375 e. The van der Waals surface area contributed by atoms with E-state index in [1.165, 1.54) is 0 Å². The maximum Gasteiger partial charge on any atom is 0.325 e. The van der Waals surface area contributed by atoms with E-state index in [4.69, 9.17) is 16.3 Å². The first-order chi connectivity index (χ1) is 10.6. The summed E-state index contributed by atoms with van der Waals surface area (Å²) in [5.41, 5.74) is 0.982. The van der Waals surface area contributed by atoms with E-state index in [1.807, 2.05) is 12.1 Å². The fourth-order valence-corrected chi connectivity index (χ4v) is 1.97. The zero-order valence-electron chi connectivity index (χ0n) is 11.8. The lowest BCUT2D eigenvalue weighted by Crippen LogP contribution is -2.41. The molecule has 0 radical (unpaired) electrons. The van der Waals surface area contributed by atoms with Crippen molar-refractivity contribution in [1.29, 1.82) is 0 Å². The van der Waals surface area contributed by atoms with Crippen LogP contribution in [0.3, 0.4) is 0 Å². The van der Waals surface area contributed by atoms with Gasteiger partial charge in [-0.05, 0) is 17.7 Å². The van der Waals surface area contributed by atoms with Crippen LogP contribution in [0.15, 0.2) is 24.3 Å². The summed E-state index contributed by atoms with van der Waals surface area (Å²) in [6.45, 7) is 0.711. The highest BCUT2D eigenvalue weighted by molar-refractivity contribution is 6.30. The van der Waals surface area contributed by atoms with Crippen LogP contribution in [-0.2, 0) is 20.9 Å². The lowest BCUT2D eigenvalue weighted by Gasteiger charge is -2.12. The largest absolute Gasteiger partial charge is 0.375 e. The van der Waals surface area contributed by atoms with Gasteiger partial charge in [0.05, 0.1) is 19.8 Å². The van der Waals surface area contributed by atoms with Gasteiger partial charge in [-0.2, -0.15) is 0 Å². The number of benzene rings is 1. The number of hydrogen-bond acceptors (Lipinski definition) is 4. The highest BCUT2D eigenvalue weighted by Gasteiger charge is 2.29. The van der Waals surface area contributed by atoms with Crippen molar-refractivity contribution in [2.45, 2.75) is 6.61 Å². The van der Waals surface area contributed by atoms with Gasteiger partial charge in [-0.25, -0.2) is 4.79 Å². The van der Waals surface area contributed by atoms with E-state index in [1.54, 1.807) is 12.1 Å². The summed E-state index contributed by atoms with van der Waals surface area (Å²) in [5, 5.41) is 5.60. The highest BCUT2D eigenvalue weighted by atomic mass is 35.5. The lowest BCUT2D eigenvalue weighted by atomic mass is 10.2. The standard InChI is InChI=1S/C14H16ClN3O4/c15-11-3-1-10(2-4-11)9-22-6-5-16-12(19)8-18-13(20)7-17-14(18)21/h1-4H,5-9H2,(H,16,19)(H,17,21). The van der Waals surface area contributed by atoms with Crippen molar-refractivity contribution in [1.82, 2.24) is 15.5 Å². The number of nitrogens with one attached hydrogen (secondary N) is 2. The summed E-state index contributed by atoms with van der Waals surface area (Å²) in [6, 6.07) is 6.73. The Morgan fingerprint density at radius 3 is 2.68 bits per heavy atom. The Hall–Kier alpha value is -2.12. The minimum absolute atomic E-state index is 0.0592. The van der Waals surface area contributed by atoms with E-state index in [0.29, 0.717) is 24.8 Å². The molecule has 1 aliphatic heterocycles. The predicted octanol–water partition coefficient (Wildman–Crippen LogP) is 0.525. The number of urea groups is 1. The molecule has 8 heteroatoms. The number of amides is 4. The minimum atomic E-state index is -0.542. The average molecular weight is 326 g/mol. The van der Waals surface area contributed by atoms with Gasteiger partial charge in [0, 0.05) is 11.6 Å². The van der Waals surface area contributed by atoms with Crippen LogP contribution in [0.1, 0.15) is 5.56 Å². The molecule has 1 saturated heterocycles. The molecular weight excluding hydrogens is 310 g/mol. The first-order valence-corrected chi connectivity index (χ1v) is 7.11.